The van der Waals surface area contributed by atoms with Crippen molar-refractivity contribution in [2.75, 3.05) is 45.8 Å². The first kappa shape index (κ1) is 17.7. The Morgan fingerprint density at radius 2 is 2.00 bits per heavy atom. The van der Waals surface area contributed by atoms with E-state index in [2.05, 4.69) is 11.5 Å². The highest BCUT2D eigenvalue weighted by atomic mass is 32.1. The maximum absolute atomic E-state index is 12.3. The molecule has 1 aliphatic heterocycles. The topological polar surface area (TPSA) is 43.9 Å². The molecular formula is C17H25N3O2S. The molecule has 0 aromatic carbocycles. The number of likely N-dealkylation sites (N-methyl/N-ethyl adjacent to an activating group) is 1. The highest BCUT2D eigenvalue weighted by molar-refractivity contribution is 7.12. The lowest BCUT2D eigenvalue weighted by molar-refractivity contribution is -0.132. The van der Waals surface area contributed by atoms with Gasteiger partial charge in [0.15, 0.2) is 0 Å². The van der Waals surface area contributed by atoms with Crippen LogP contribution in [0.25, 0.3) is 0 Å². The molecular weight excluding hydrogens is 310 g/mol. The summed E-state index contributed by atoms with van der Waals surface area (Å²) in [6.07, 6.45) is 0. The molecule has 0 atom stereocenters. The van der Waals surface area contributed by atoms with Gasteiger partial charge in [-0.15, -0.1) is 11.3 Å². The zero-order valence-electron chi connectivity index (χ0n) is 14.0. The molecule has 6 heteroatoms. The highest BCUT2D eigenvalue weighted by Gasteiger charge is 2.24. The third-order valence-electron chi connectivity index (χ3n) is 3.95. The molecule has 0 unspecified atom stereocenters. The van der Waals surface area contributed by atoms with Crippen molar-refractivity contribution in [3.05, 3.63) is 34.5 Å². The summed E-state index contributed by atoms with van der Waals surface area (Å²) in [6, 6.07) is 3.76. The first-order valence-electron chi connectivity index (χ1n) is 7.98. The molecule has 1 aliphatic rings. The van der Waals surface area contributed by atoms with E-state index >= 15 is 0 Å². The molecule has 2 heterocycles. The van der Waals surface area contributed by atoms with Gasteiger partial charge in [0.1, 0.15) is 0 Å². The fourth-order valence-electron chi connectivity index (χ4n) is 2.66. The molecule has 5 nitrogen and oxygen atoms in total. The average Bonchev–Trinajstić information content (AvgIpc) is 3.06. The van der Waals surface area contributed by atoms with E-state index in [1.807, 2.05) is 41.2 Å². The monoisotopic (exact) mass is 335 g/mol. The van der Waals surface area contributed by atoms with E-state index < -0.39 is 0 Å². The van der Waals surface area contributed by atoms with E-state index in [1.165, 1.54) is 11.3 Å². The average molecular weight is 335 g/mol. The van der Waals surface area contributed by atoms with Crippen molar-refractivity contribution in [1.29, 1.82) is 0 Å². The maximum atomic E-state index is 12.3. The van der Waals surface area contributed by atoms with Crippen molar-refractivity contribution >= 4 is 23.2 Å². The summed E-state index contributed by atoms with van der Waals surface area (Å²) >= 11 is 1.47. The van der Waals surface area contributed by atoms with Gasteiger partial charge in [-0.1, -0.05) is 18.2 Å². The third-order valence-corrected chi connectivity index (χ3v) is 4.80. The summed E-state index contributed by atoms with van der Waals surface area (Å²) in [7, 11) is 0. The van der Waals surface area contributed by atoms with Gasteiger partial charge in [-0.05, 0) is 25.3 Å². The molecule has 2 amide bonds. The fourth-order valence-corrected chi connectivity index (χ4v) is 3.35. The largest absolute Gasteiger partial charge is 0.338 e. The number of thiophene rings is 1. The smallest absolute Gasteiger partial charge is 0.264 e. The molecule has 0 saturated carbocycles. The number of carbonyl (C=O) groups excluding carboxylic acids is 2. The van der Waals surface area contributed by atoms with Gasteiger partial charge in [0.2, 0.25) is 5.91 Å². The van der Waals surface area contributed by atoms with Crippen molar-refractivity contribution in [1.82, 2.24) is 14.7 Å². The summed E-state index contributed by atoms with van der Waals surface area (Å²) in [6.45, 7) is 12.4. The van der Waals surface area contributed by atoms with Gasteiger partial charge >= 0.3 is 0 Å². The van der Waals surface area contributed by atoms with Crippen LogP contribution in [0.3, 0.4) is 0 Å². The molecule has 23 heavy (non-hydrogen) atoms. The molecule has 1 fully saturated rings. The number of piperazine rings is 1. The summed E-state index contributed by atoms with van der Waals surface area (Å²) in [5.41, 5.74) is 0.992. The molecule has 126 valence electrons. The van der Waals surface area contributed by atoms with Crippen LogP contribution in [0.1, 0.15) is 23.5 Å². The fraction of sp³-hybridized carbons (Fsp3) is 0.529. The van der Waals surface area contributed by atoms with Crippen molar-refractivity contribution in [2.24, 2.45) is 0 Å². The van der Waals surface area contributed by atoms with Gasteiger partial charge < -0.3 is 9.80 Å². The second-order valence-electron chi connectivity index (χ2n) is 5.91. The molecule has 0 bridgehead atoms. The summed E-state index contributed by atoms with van der Waals surface area (Å²) in [5, 5.41) is 1.92. The Balaban J connectivity index is 1.81. The molecule has 0 radical (unpaired) electrons. The summed E-state index contributed by atoms with van der Waals surface area (Å²) < 4.78 is 0. The van der Waals surface area contributed by atoms with E-state index in [1.54, 1.807) is 0 Å². The predicted molar refractivity (Wildman–Crippen MR) is 93.7 cm³/mol. The summed E-state index contributed by atoms with van der Waals surface area (Å²) in [4.78, 5) is 31.3. The first-order valence-corrected chi connectivity index (χ1v) is 8.86. The zero-order chi connectivity index (χ0) is 16.8. The van der Waals surface area contributed by atoms with Gasteiger partial charge in [0.25, 0.3) is 5.91 Å². The Kier molecular flexibility index (Phi) is 6.36. The SMILES string of the molecule is C=C(C)CN(CC)C(=O)CN1CCN(C(=O)c2cccs2)CC1. The van der Waals surface area contributed by atoms with Crippen LogP contribution in [0.5, 0.6) is 0 Å². The number of amides is 2. The molecule has 1 saturated heterocycles. The zero-order valence-corrected chi connectivity index (χ0v) is 14.8. The van der Waals surface area contributed by atoms with Crippen molar-refractivity contribution in [3.8, 4) is 0 Å². The lowest BCUT2D eigenvalue weighted by atomic mass is 10.2. The third kappa shape index (κ3) is 4.91. The lowest BCUT2D eigenvalue weighted by Gasteiger charge is -2.35. The Labute approximate surface area is 142 Å². The van der Waals surface area contributed by atoms with Crippen molar-refractivity contribution < 1.29 is 9.59 Å². The van der Waals surface area contributed by atoms with Gasteiger partial charge in [0, 0.05) is 39.3 Å². The molecule has 0 aliphatic carbocycles. The van der Waals surface area contributed by atoms with Crippen LogP contribution in [-0.2, 0) is 4.79 Å². The minimum Gasteiger partial charge on any atom is -0.338 e. The number of carbonyl (C=O) groups is 2. The van der Waals surface area contributed by atoms with Gasteiger partial charge in [-0.25, -0.2) is 0 Å². The van der Waals surface area contributed by atoms with Crippen LogP contribution in [0.4, 0.5) is 0 Å². The second-order valence-corrected chi connectivity index (χ2v) is 6.86. The molecule has 1 aromatic rings. The van der Waals surface area contributed by atoms with E-state index in [0.29, 0.717) is 32.7 Å². The Morgan fingerprint density at radius 3 is 2.52 bits per heavy atom. The Morgan fingerprint density at radius 1 is 1.30 bits per heavy atom. The van der Waals surface area contributed by atoms with E-state index in [-0.39, 0.29) is 11.8 Å². The normalized spacial score (nSPS) is 15.5. The molecule has 1 aromatic heterocycles. The highest BCUT2D eigenvalue weighted by Crippen LogP contribution is 2.14. The van der Waals surface area contributed by atoms with Crippen LogP contribution in [-0.4, -0.2) is 72.3 Å². The van der Waals surface area contributed by atoms with Crippen LogP contribution < -0.4 is 0 Å². The Hall–Kier alpha value is -1.66. The van der Waals surface area contributed by atoms with E-state index in [9.17, 15) is 9.59 Å². The first-order chi connectivity index (χ1) is 11.0. The van der Waals surface area contributed by atoms with Crippen LogP contribution in [0, 0.1) is 0 Å². The van der Waals surface area contributed by atoms with Crippen molar-refractivity contribution in [2.45, 2.75) is 13.8 Å². The number of nitrogens with zero attached hydrogens (tertiary/aromatic N) is 3. The lowest BCUT2D eigenvalue weighted by Crippen LogP contribution is -2.51. The molecule has 0 N–H and O–H groups in total. The Bertz CT molecular complexity index is 548. The minimum atomic E-state index is 0.100. The second kappa shape index (κ2) is 8.26. The van der Waals surface area contributed by atoms with E-state index in [0.717, 1.165) is 23.5 Å². The number of rotatable bonds is 6. The summed E-state index contributed by atoms with van der Waals surface area (Å²) in [5.74, 6) is 0.233. The quantitative estimate of drug-likeness (QED) is 0.746. The standard InChI is InChI=1S/C17H25N3O2S/c1-4-19(12-14(2)3)16(21)13-18-7-9-20(10-8-18)17(22)15-6-5-11-23-15/h5-6,11H,2,4,7-10,12-13H2,1,3H3. The maximum Gasteiger partial charge on any atom is 0.264 e. The molecule has 2 rings (SSSR count). The van der Waals surface area contributed by atoms with E-state index in [4.69, 9.17) is 0 Å². The van der Waals surface area contributed by atoms with Gasteiger partial charge in [0.05, 0.1) is 11.4 Å². The molecule has 0 spiro atoms. The van der Waals surface area contributed by atoms with Crippen LogP contribution in [0.15, 0.2) is 29.7 Å². The number of hydrogen-bond acceptors (Lipinski definition) is 4. The van der Waals surface area contributed by atoms with Crippen LogP contribution >= 0.6 is 11.3 Å². The van der Waals surface area contributed by atoms with Crippen LogP contribution in [0.2, 0.25) is 0 Å². The van der Waals surface area contributed by atoms with Gasteiger partial charge in [-0.2, -0.15) is 0 Å². The predicted octanol–water partition coefficient (Wildman–Crippen LogP) is 1.93. The number of hydrogen-bond donors (Lipinski definition) is 0. The van der Waals surface area contributed by atoms with Gasteiger partial charge in [-0.3, -0.25) is 14.5 Å². The van der Waals surface area contributed by atoms with Crippen molar-refractivity contribution in [3.63, 3.8) is 0 Å². The minimum absolute atomic E-state index is 0.100.